The molecular weight excluding hydrogens is 309 g/mol. The number of hydrogen-bond donors (Lipinski definition) is 1. The van der Waals surface area contributed by atoms with Crippen molar-refractivity contribution >= 4 is 18.3 Å². The highest BCUT2D eigenvalue weighted by atomic mass is 35.5. The number of nitrogens with zero attached hydrogens (tertiary/aromatic N) is 3. The van der Waals surface area contributed by atoms with Gasteiger partial charge in [0.2, 0.25) is 5.91 Å². The van der Waals surface area contributed by atoms with Crippen LogP contribution in [-0.2, 0) is 24.6 Å². The summed E-state index contributed by atoms with van der Waals surface area (Å²) in [5.74, 6) is -0.371. The molecule has 21 heavy (non-hydrogen) atoms. The van der Waals surface area contributed by atoms with Crippen molar-refractivity contribution in [3.63, 3.8) is 0 Å². The van der Waals surface area contributed by atoms with Gasteiger partial charge in [0.15, 0.2) is 5.69 Å². The van der Waals surface area contributed by atoms with Gasteiger partial charge < -0.3 is 10.6 Å². The normalized spacial score (nSPS) is 12.7. The lowest BCUT2D eigenvalue weighted by molar-refractivity contribution is -0.143. The summed E-state index contributed by atoms with van der Waals surface area (Å²) in [5, 5.41) is 3.40. The lowest BCUT2D eigenvalue weighted by Gasteiger charge is -2.21. The molecule has 1 unspecified atom stereocenters. The molecule has 1 atom stereocenters. The van der Waals surface area contributed by atoms with Crippen LogP contribution in [0.15, 0.2) is 6.20 Å². The minimum absolute atomic E-state index is 0. The Hall–Kier alpha value is -1.28. The van der Waals surface area contributed by atoms with E-state index in [0.29, 0.717) is 6.42 Å². The molecule has 0 aliphatic heterocycles. The molecule has 0 radical (unpaired) electrons. The summed E-state index contributed by atoms with van der Waals surface area (Å²) in [6.07, 6.45) is -2.03. The van der Waals surface area contributed by atoms with Gasteiger partial charge in [-0.3, -0.25) is 9.48 Å². The Morgan fingerprint density at radius 1 is 1.52 bits per heavy atom. The number of amides is 1. The number of halogens is 4. The molecule has 0 aromatic carbocycles. The molecule has 122 valence electrons. The number of likely N-dealkylation sites (N-methyl/N-ethyl adjacent to an activating group) is 1. The summed E-state index contributed by atoms with van der Waals surface area (Å²) in [5.41, 5.74) is 4.67. The Morgan fingerprint density at radius 2 is 2.10 bits per heavy atom. The van der Waals surface area contributed by atoms with Crippen LogP contribution < -0.4 is 5.73 Å². The first-order valence-corrected chi connectivity index (χ1v) is 6.27. The first-order chi connectivity index (χ1) is 9.16. The van der Waals surface area contributed by atoms with Crippen molar-refractivity contribution in [1.82, 2.24) is 14.7 Å². The van der Waals surface area contributed by atoms with E-state index in [1.54, 1.807) is 0 Å². The SMILES string of the molecule is CCCC(N)C(=O)N(C)Cc1cn(C)nc1C(F)(F)F.Cl. The smallest absolute Gasteiger partial charge is 0.340 e. The van der Waals surface area contributed by atoms with Gasteiger partial charge in [-0.2, -0.15) is 18.3 Å². The molecule has 0 aliphatic carbocycles. The minimum Gasteiger partial charge on any atom is -0.340 e. The summed E-state index contributed by atoms with van der Waals surface area (Å²) >= 11 is 0. The zero-order valence-corrected chi connectivity index (χ0v) is 13.0. The Kier molecular flexibility index (Phi) is 7.18. The number of carbonyl (C=O) groups excluding carboxylic acids is 1. The van der Waals surface area contributed by atoms with Crippen LogP contribution in [0.25, 0.3) is 0 Å². The quantitative estimate of drug-likeness (QED) is 0.898. The molecule has 0 spiro atoms. The summed E-state index contributed by atoms with van der Waals surface area (Å²) in [6, 6.07) is -0.684. The number of alkyl halides is 3. The highest BCUT2D eigenvalue weighted by Gasteiger charge is 2.37. The van der Waals surface area contributed by atoms with E-state index in [9.17, 15) is 18.0 Å². The Labute approximate surface area is 127 Å². The first kappa shape index (κ1) is 19.7. The fraction of sp³-hybridized carbons (Fsp3) is 0.667. The molecule has 1 aromatic heterocycles. The largest absolute Gasteiger partial charge is 0.435 e. The lowest BCUT2D eigenvalue weighted by Crippen LogP contribution is -2.41. The number of aromatic nitrogens is 2. The molecule has 1 rings (SSSR count). The van der Waals surface area contributed by atoms with Gasteiger partial charge in [-0.1, -0.05) is 13.3 Å². The fourth-order valence-electron chi connectivity index (χ4n) is 1.94. The molecule has 5 nitrogen and oxygen atoms in total. The molecular formula is C12H20ClF3N4O. The van der Waals surface area contributed by atoms with Crippen molar-refractivity contribution in [2.24, 2.45) is 12.8 Å². The van der Waals surface area contributed by atoms with Crippen LogP contribution >= 0.6 is 12.4 Å². The zero-order valence-electron chi connectivity index (χ0n) is 12.1. The maximum absolute atomic E-state index is 12.8. The second-order valence-electron chi connectivity index (χ2n) is 4.76. The Bertz CT molecular complexity index is 476. The summed E-state index contributed by atoms with van der Waals surface area (Å²) in [4.78, 5) is 13.1. The van der Waals surface area contributed by atoms with Crippen LogP contribution in [0.2, 0.25) is 0 Å². The number of carbonyl (C=O) groups is 1. The van der Waals surface area contributed by atoms with E-state index >= 15 is 0 Å². The third-order valence-electron chi connectivity index (χ3n) is 2.87. The zero-order chi connectivity index (χ0) is 15.5. The monoisotopic (exact) mass is 328 g/mol. The highest BCUT2D eigenvalue weighted by Crippen LogP contribution is 2.31. The Balaban J connectivity index is 0.00000400. The van der Waals surface area contributed by atoms with Gasteiger partial charge >= 0.3 is 6.18 Å². The fourth-order valence-corrected chi connectivity index (χ4v) is 1.94. The molecule has 0 aliphatic rings. The van der Waals surface area contributed by atoms with Crippen LogP contribution in [0.5, 0.6) is 0 Å². The molecule has 0 saturated carbocycles. The van der Waals surface area contributed by atoms with Crippen molar-refractivity contribution in [3.8, 4) is 0 Å². The second kappa shape index (κ2) is 7.65. The number of nitrogens with two attached hydrogens (primary N) is 1. The average molecular weight is 329 g/mol. The van der Waals surface area contributed by atoms with E-state index in [1.165, 1.54) is 25.2 Å². The van der Waals surface area contributed by atoms with E-state index < -0.39 is 17.9 Å². The topological polar surface area (TPSA) is 64.2 Å². The van der Waals surface area contributed by atoms with Gasteiger partial charge in [0, 0.05) is 32.4 Å². The summed E-state index contributed by atoms with van der Waals surface area (Å²) in [6.45, 7) is 1.72. The highest BCUT2D eigenvalue weighted by molar-refractivity contribution is 5.85. The molecule has 1 heterocycles. The minimum atomic E-state index is -4.54. The average Bonchev–Trinajstić information content (AvgIpc) is 2.69. The number of hydrogen-bond acceptors (Lipinski definition) is 3. The van der Waals surface area contributed by atoms with Crippen LogP contribution in [0.4, 0.5) is 13.2 Å². The summed E-state index contributed by atoms with van der Waals surface area (Å²) in [7, 11) is 2.84. The van der Waals surface area contributed by atoms with Crippen LogP contribution in [0.1, 0.15) is 31.0 Å². The molecule has 2 N–H and O–H groups in total. The van der Waals surface area contributed by atoms with Gasteiger partial charge in [-0.15, -0.1) is 12.4 Å². The van der Waals surface area contributed by atoms with Crippen molar-refractivity contribution in [3.05, 3.63) is 17.5 Å². The van der Waals surface area contributed by atoms with Crippen LogP contribution in [0.3, 0.4) is 0 Å². The first-order valence-electron chi connectivity index (χ1n) is 6.27. The van der Waals surface area contributed by atoms with E-state index in [-0.39, 0.29) is 30.4 Å². The molecule has 1 aromatic rings. The molecule has 9 heteroatoms. The van der Waals surface area contributed by atoms with E-state index in [2.05, 4.69) is 5.10 Å². The van der Waals surface area contributed by atoms with E-state index in [1.807, 2.05) is 6.92 Å². The second-order valence-corrected chi connectivity index (χ2v) is 4.76. The van der Waals surface area contributed by atoms with Crippen molar-refractivity contribution in [1.29, 1.82) is 0 Å². The van der Waals surface area contributed by atoms with Crippen LogP contribution in [0, 0.1) is 0 Å². The molecule has 0 fully saturated rings. The predicted octanol–water partition coefficient (Wildman–Crippen LogP) is 1.95. The van der Waals surface area contributed by atoms with Gasteiger partial charge in [0.05, 0.1) is 6.04 Å². The molecule has 0 saturated heterocycles. The summed E-state index contributed by atoms with van der Waals surface area (Å²) < 4.78 is 39.5. The maximum atomic E-state index is 12.8. The standard InChI is InChI=1S/C12H19F3N4O.ClH/c1-4-5-9(16)11(20)18(2)6-8-7-19(3)17-10(8)12(13,14)15;/h7,9H,4-6,16H2,1-3H3;1H. The lowest BCUT2D eigenvalue weighted by atomic mass is 10.1. The van der Waals surface area contributed by atoms with Gasteiger partial charge in [0.1, 0.15) is 0 Å². The molecule has 0 bridgehead atoms. The molecule has 1 amide bonds. The third-order valence-corrected chi connectivity index (χ3v) is 2.87. The van der Waals surface area contributed by atoms with Gasteiger partial charge in [-0.25, -0.2) is 0 Å². The van der Waals surface area contributed by atoms with Crippen molar-refractivity contribution in [2.75, 3.05) is 7.05 Å². The number of rotatable bonds is 5. The van der Waals surface area contributed by atoms with Gasteiger partial charge in [0.25, 0.3) is 0 Å². The Morgan fingerprint density at radius 3 is 2.57 bits per heavy atom. The van der Waals surface area contributed by atoms with Crippen molar-refractivity contribution < 1.29 is 18.0 Å². The third kappa shape index (κ3) is 5.20. The van der Waals surface area contributed by atoms with Crippen molar-refractivity contribution in [2.45, 2.75) is 38.5 Å². The number of aryl methyl sites for hydroxylation is 1. The van der Waals surface area contributed by atoms with Gasteiger partial charge in [-0.05, 0) is 6.42 Å². The predicted molar refractivity (Wildman–Crippen MR) is 74.8 cm³/mol. The maximum Gasteiger partial charge on any atom is 0.435 e. The van der Waals surface area contributed by atoms with E-state index in [0.717, 1.165) is 11.1 Å². The van der Waals surface area contributed by atoms with E-state index in [4.69, 9.17) is 5.73 Å². The van der Waals surface area contributed by atoms with Crippen LogP contribution in [-0.4, -0.2) is 33.7 Å².